The minimum absolute atomic E-state index is 0. The van der Waals surface area contributed by atoms with E-state index in [2.05, 4.69) is 0 Å². The average molecular weight is 417 g/mol. The molecule has 136 valence electrons. The number of rotatable bonds is 5. The molecule has 0 saturated heterocycles. The minimum Gasteiger partial charge on any atom is -1.00 e. The largest absolute Gasteiger partial charge is 1.00 e. The summed E-state index contributed by atoms with van der Waals surface area (Å²) in [5.41, 5.74) is 1.33. The van der Waals surface area contributed by atoms with Crippen LogP contribution in [-0.2, 0) is 13.6 Å². The van der Waals surface area contributed by atoms with Crippen molar-refractivity contribution in [2.24, 2.45) is 7.05 Å². The van der Waals surface area contributed by atoms with E-state index in [-0.39, 0.29) is 34.9 Å². The molecule has 0 aliphatic rings. The first kappa shape index (κ1) is 19.8. The van der Waals surface area contributed by atoms with E-state index in [4.69, 9.17) is 4.74 Å². The standard InChI is InChI=1S/C20H21N2O3.BrH/c1-4-25-16-11-9-15(10-12-16)19(23)13-22-14(2)21(3)20(24)17-7-5-6-8-18(17)22;/h5-12H,4,13H2,1-3H3;1H/q+1;/p-1. The summed E-state index contributed by atoms with van der Waals surface area (Å²) in [5.74, 6) is 1.47. The van der Waals surface area contributed by atoms with Gasteiger partial charge in [0.2, 0.25) is 5.78 Å². The van der Waals surface area contributed by atoms with E-state index in [1.165, 1.54) is 0 Å². The number of benzene rings is 2. The van der Waals surface area contributed by atoms with Gasteiger partial charge < -0.3 is 21.7 Å². The van der Waals surface area contributed by atoms with E-state index in [1.54, 1.807) is 41.9 Å². The monoisotopic (exact) mass is 416 g/mol. The fourth-order valence-electron chi connectivity index (χ4n) is 2.91. The predicted octanol–water partition coefficient (Wildman–Crippen LogP) is -0.580. The van der Waals surface area contributed by atoms with Crippen molar-refractivity contribution in [3.8, 4) is 5.75 Å². The first-order valence-corrected chi connectivity index (χ1v) is 8.27. The highest BCUT2D eigenvalue weighted by atomic mass is 79.9. The van der Waals surface area contributed by atoms with Gasteiger partial charge in [0.15, 0.2) is 6.54 Å². The van der Waals surface area contributed by atoms with E-state index in [9.17, 15) is 9.59 Å². The maximum Gasteiger partial charge on any atom is 0.345 e. The number of halogens is 1. The minimum atomic E-state index is -0.0575. The van der Waals surface area contributed by atoms with E-state index >= 15 is 0 Å². The second-order valence-electron chi connectivity index (χ2n) is 5.90. The zero-order valence-corrected chi connectivity index (χ0v) is 16.6. The molecular formula is C20H21BrN2O3. The van der Waals surface area contributed by atoms with Crippen molar-refractivity contribution < 1.29 is 31.1 Å². The molecule has 5 nitrogen and oxygen atoms in total. The lowest BCUT2D eigenvalue weighted by Gasteiger charge is -2.10. The smallest absolute Gasteiger partial charge is 0.345 e. The molecule has 0 saturated carbocycles. The Morgan fingerprint density at radius 3 is 2.42 bits per heavy atom. The Labute approximate surface area is 162 Å². The summed E-state index contributed by atoms with van der Waals surface area (Å²) in [6.45, 7) is 4.53. The number of nitrogens with zero attached hydrogens (tertiary/aromatic N) is 2. The lowest BCUT2D eigenvalue weighted by atomic mass is 10.1. The van der Waals surface area contributed by atoms with Crippen LogP contribution in [0.5, 0.6) is 5.75 Å². The van der Waals surface area contributed by atoms with Crippen molar-refractivity contribution in [1.29, 1.82) is 0 Å². The number of aromatic nitrogens is 2. The van der Waals surface area contributed by atoms with Gasteiger partial charge >= 0.3 is 5.56 Å². The van der Waals surface area contributed by atoms with Crippen molar-refractivity contribution >= 4 is 16.7 Å². The van der Waals surface area contributed by atoms with Crippen LogP contribution >= 0.6 is 0 Å². The van der Waals surface area contributed by atoms with Gasteiger partial charge in [-0.2, -0.15) is 4.57 Å². The normalized spacial score (nSPS) is 10.4. The second-order valence-corrected chi connectivity index (χ2v) is 5.90. The van der Waals surface area contributed by atoms with Crippen molar-refractivity contribution in [3.05, 3.63) is 70.3 Å². The molecule has 0 unspecified atom stereocenters. The van der Waals surface area contributed by atoms with Crippen molar-refractivity contribution in [2.75, 3.05) is 6.61 Å². The Bertz CT molecular complexity index is 994. The maximum absolute atomic E-state index is 12.7. The lowest BCUT2D eigenvalue weighted by Crippen LogP contribution is -3.00. The average Bonchev–Trinajstić information content (AvgIpc) is 2.64. The molecule has 0 radical (unpaired) electrons. The number of Topliss-reactive ketones (excluding diaryl/α,β-unsaturated/α-hetero) is 1. The Morgan fingerprint density at radius 2 is 1.77 bits per heavy atom. The van der Waals surface area contributed by atoms with E-state index in [0.29, 0.717) is 17.6 Å². The summed E-state index contributed by atoms with van der Waals surface area (Å²) in [4.78, 5) is 25.1. The molecule has 0 fully saturated rings. The molecule has 0 spiro atoms. The molecule has 0 aliphatic carbocycles. The van der Waals surface area contributed by atoms with Crippen LogP contribution in [0.25, 0.3) is 10.9 Å². The van der Waals surface area contributed by atoms with E-state index in [0.717, 1.165) is 17.1 Å². The Kier molecular flexibility index (Phi) is 6.32. The summed E-state index contributed by atoms with van der Waals surface area (Å²) >= 11 is 0. The topological polar surface area (TPSA) is 52.2 Å². The van der Waals surface area contributed by atoms with Gasteiger partial charge in [-0.25, -0.2) is 9.36 Å². The quantitative estimate of drug-likeness (QED) is 0.413. The molecule has 0 bridgehead atoms. The molecule has 1 heterocycles. The van der Waals surface area contributed by atoms with Crippen LogP contribution in [0, 0.1) is 6.92 Å². The van der Waals surface area contributed by atoms with E-state index in [1.807, 2.05) is 36.6 Å². The van der Waals surface area contributed by atoms with Gasteiger partial charge in [0.05, 0.1) is 13.7 Å². The molecule has 3 rings (SSSR count). The maximum atomic E-state index is 12.7. The fraction of sp³-hybridized carbons (Fsp3) is 0.250. The van der Waals surface area contributed by atoms with Crippen LogP contribution in [-0.4, -0.2) is 17.0 Å². The highest BCUT2D eigenvalue weighted by Crippen LogP contribution is 2.13. The Hall–Kier alpha value is -2.47. The van der Waals surface area contributed by atoms with Gasteiger partial charge in [-0.3, -0.25) is 4.79 Å². The number of ketones is 1. The van der Waals surface area contributed by atoms with Crippen molar-refractivity contribution in [3.63, 3.8) is 0 Å². The van der Waals surface area contributed by atoms with Gasteiger partial charge in [-0.15, -0.1) is 0 Å². The summed E-state index contributed by atoms with van der Waals surface area (Å²) in [6.07, 6.45) is 0. The summed E-state index contributed by atoms with van der Waals surface area (Å²) < 4.78 is 8.87. The molecule has 1 aromatic heterocycles. The number of carbonyl (C=O) groups excluding carboxylic acids is 1. The third-order valence-electron chi connectivity index (χ3n) is 4.39. The van der Waals surface area contributed by atoms with Crippen LogP contribution in [0.2, 0.25) is 0 Å². The zero-order chi connectivity index (χ0) is 18.0. The molecule has 6 heteroatoms. The lowest BCUT2D eigenvalue weighted by molar-refractivity contribution is -0.668. The first-order valence-electron chi connectivity index (χ1n) is 8.27. The molecule has 0 atom stereocenters. The zero-order valence-electron chi connectivity index (χ0n) is 15.0. The second kappa shape index (κ2) is 8.27. The number of fused-ring (bicyclic) bond motifs is 1. The van der Waals surface area contributed by atoms with Gasteiger partial charge in [0.25, 0.3) is 5.82 Å². The number of hydrogen-bond donors (Lipinski definition) is 0. The van der Waals surface area contributed by atoms with Crippen molar-refractivity contribution in [1.82, 2.24) is 4.57 Å². The number of para-hydroxylation sites is 1. The third-order valence-corrected chi connectivity index (χ3v) is 4.39. The summed E-state index contributed by atoms with van der Waals surface area (Å²) in [6, 6.07) is 14.5. The van der Waals surface area contributed by atoms with Crippen LogP contribution in [0.15, 0.2) is 53.3 Å². The third kappa shape index (κ3) is 3.70. The van der Waals surface area contributed by atoms with Gasteiger partial charge in [-0.1, -0.05) is 12.1 Å². The molecule has 2 aromatic carbocycles. The SMILES string of the molecule is CCOc1ccc(C(=O)C[n+]2c(C)n(C)c(=O)c3ccccc32)cc1.[Br-]. The van der Waals surface area contributed by atoms with Gasteiger partial charge in [-0.05, 0) is 43.3 Å². The molecular weight excluding hydrogens is 396 g/mol. The predicted molar refractivity (Wildman–Crippen MR) is 96.1 cm³/mol. The first-order chi connectivity index (χ1) is 12.0. The molecule has 26 heavy (non-hydrogen) atoms. The molecule has 0 N–H and O–H groups in total. The molecule has 0 aliphatic heterocycles. The highest BCUT2D eigenvalue weighted by Gasteiger charge is 2.20. The Balaban J connectivity index is 0.00000243. The highest BCUT2D eigenvalue weighted by molar-refractivity contribution is 5.95. The van der Waals surface area contributed by atoms with E-state index < -0.39 is 0 Å². The number of ether oxygens (including phenoxy) is 1. The van der Waals surface area contributed by atoms with Crippen LogP contribution < -0.4 is 31.8 Å². The van der Waals surface area contributed by atoms with Crippen molar-refractivity contribution in [2.45, 2.75) is 20.4 Å². The van der Waals surface area contributed by atoms with Crippen LogP contribution in [0.4, 0.5) is 0 Å². The van der Waals surface area contributed by atoms with Crippen LogP contribution in [0.1, 0.15) is 23.1 Å². The fourth-order valence-corrected chi connectivity index (χ4v) is 2.91. The summed E-state index contributed by atoms with van der Waals surface area (Å²) in [5, 5.41) is 0.607. The summed E-state index contributed by atoms with van der Waals surface area (Å²) in [7, 11) is 1.72. The Morgan fingerprint density at radius 1 is 1.12 bits per heavy atom. The van der Waals surface area contributed by atoms with Gasteiger partial charge in [0.1, 0.15) is 16.7 Å². The van der Waals surface area contributed by atoms with Crippen LogP contribution in [0.3, 0.4) is 0 Å². The number of hydrogen-bond acceptors (Lipinski definition) is 3. The van der Waals surface area contributed by atoms with Gasteiger partial charge in [0, 0.05) is 12.5 Å². The molecule has 3 aromatic rings. The molecule has 0 amide bonds. The number of carbonyl (C=O) groups is 1.